The van der Waals surface area contributed by atoms with Gasteiger partial charge in [-0.05, 0) is 45.4 Å². The van der Waals surface area contributed by atoms with Crippen LogP contribution in [-0.4, -0.2) is 55.7 Å². The molecule has 2 atom stereocenters. The maximum Gasteiger partial charge on any atom is 0.454 e. The summed E-state index contributed by atoms with van der Waals surface area (Å²) in [6.07, 6.45) is -6.02. The van der Waals surface area contributed by atoms with E-state index < -0.39 is 58.7 Å². The monoisotopic (exact) mass is 585 g/mol. The summed E-state index contributed by atoms with van der Waals surface area (Å²) in [7, 11) is 0. The highest BCUT2D eigenvalue weighted by Crippen LogP contribution is 2.40. The number of hydrogen-bond acceptors (Lipinski definition) is 6. The molecule has 0 amide bonds. The molecule has 3 N–H and O–H groups in total. The summed E-state index contributed by atoms with van der Waals surface area (Å²) in [4.78, 5) is 30.5. The molecule has 1 aliphatic rings. The SMILES string of the molecule is Cc1cc(Nc2cc(C(=O)C(F)(F)F)c(F)c(C[C@@]3(C(=O)O)CCN(Cc4cccc(Cl)c4F)[C@H](C)C3)n2)n[nH]1. The average molecular weight is 586 g/mol. The van der Waals surface area contributed by atoms with Crippen molar-refractivity contribution >= 4 is 35.0 Å². The van der Waals surface area contributed by atoms with Crippen LogP contribution in [0.2, 0.25) is 5.02 Å². The number of aryl methyl sites for hydroxylation is 1. The second-order valence-corrected chi connectivity index (χ2v) is 10.4. The molecule has 4 rings (SSSR count). The van der Waals surface area contributed by atoms with E-state index >= 15 is 4.39 Å². The summed E-state index contributed by atoms with van der Waals surface area (Å²) >= 11 is 5.87. The lowest BCUT2D eigenvalue weighted by atomic mass is 9.72. The van der Waals surface area contributed by atoms with Gasteiger partial charge in [0.15, 0.2) is 11.6 Å². The molecule has 0 aliphatic carbocycles. The number of H-pyrrole nitrogens is 1. The molecule has 1 aliphatic heterocycles. The van der Waals surface area contributed by atoms with E-state index in [4.69, 9.17) is 11.6 Å². The number of piperidine rings is 1. The standard InChI is InChI=1S/C26H25ClF5N5O3/c1-13-8-20(36-35-13)34-19-9-16(23(38)26(30,31)32)22(29)18(33-19)11-25(24(39)40)6-7-37(14(2)10-25)12-15-4-3-5-17(27)21(15)28/h3-5,8-9,14H,6-7,10-12H2,1-2H3,(H,39,40)(H2,33,34,35,36)/t14-,25-/m1/s1. The molecule has 0 bridgehead atoms. The van der Waals surface area contributed by atoms with E-state index in [-0.39, 0.29) is 42.6 Å². The molecule has 1 aromatic carbocycles. The summed E-state index contributed by atoms with van der Waals surface area (Å²) in [6, 6.07) is 6.26. The van der Waals surface area contributed by atoms with Crippen LogP contribution < -0.4 is 5.32 Å². The van der Waals surface area contributed by atoms with Crippen LogP contribution in [0.3, 0.4) is 0 Å². The molecule has 0 spiro atoms. The summed E-state index contributed by atoms with van der Waals surface area (Å²) in [5.74, 6) is -6.00. The van der Waals surface area contributed by atoms with Crippen molar-refractivity contribution in [2.75, 3.05) is 11.9 Å². The van der Waals surface area contributed by atoms with Gasteiger partial charge in [0.05, 0.1) is 21.7 Å². The molecule has 0 saturated carbocycles. The van der Waals surface area contributed by atoms with Crippen molar-refractivity contribution in [3.05, 3.63) is 69.5 Å². The van der Waals surface area contributed by atoms with Crippen molar-refractivity contribution < 1.29 is 36.6 Å². The van der Waals surface area contributed by atoms with Crippen molar-refractivity contribution in [2.24, 2.45) is 5.41 Å². The summed E-state index contributed by atoms with van der Waals surface area (Å²) < 4.78 is 69.7. The highest BCUT2D eigenvalue weighted by Gasteiger charge is 2.47. The number of alkyl halides is 3. The lowest BCUT2D eigenvalue weighted by molar-refractivity contribution is -0.153. The predicted octanol–water partition coefficient (Wildman–Crippen LogP) is 5.83. The Morgan fingerprint density at radius 1 is 1.23 bits per heavy atom. The van der Waals surface area contributed by atoms with E-state index in [9.17, 15) is 32.3 Å². The van der Waals surface area contributed by atoms with Crippen molar-refractivity contribution in [1.82, 2.24) is 20.1 Å². The summed E-state index contributed by atoms with van der Waals surface area (Å²) in [5.41, 5.74) is -2.57. The molecular weight excluding hydrogens is 561 g/mol. The lowest BCUT2D eigenvalue weighted by Gasteiger charge is -2.43. The number of carboxylic acids is 1. The number of nitrogens with zero attached hydrogens (tertiary/aromatic N) is 3. The molecule has 0 unspecified atom stereocenters. The van der Waals surface area contributed by atoms with E-state index in [2.05, 4.69) is 20.5 Å². The number of hydrogen-bond donors (Lipinski definition) is 3. The second-order valence-electron chi connectivity index (χ2n) is 9.95. The minimum Gasteiger partial charge on any atom is -0.481 e. The Labute approximate surface area is 230 Å². The van der Waals surface area contributed by atoms with Crippen LogP contribution in [0.15, 0.2) is 30.3 Å². The van der Waals surface area contributed by atoms with Crippen LogP contribution in [0, 0.1) is 24.0 Å². The fraction of sp³-hybridized carbons (Fsp3) is 0.385. The number of anilines is 2. The molecule has 3 aromatic rings. The third-order valence-corrected chi connectivity index (χ3v) is 7.33. The number of carbonyl (C=O) groups excluding carboxylic acids is 1. The van der Waals surface area contributed by atoms with Gasteiger partial charge in [-0.3, -0.25) is 19.6 Å². The van der Waals surface area contributed by atoms with Gasteiger partial charge >= 0.3 is 12.1 Å². The van der Waals surface area contributed by atoms with Crippen molar-refractivity contribution in [2.45, 2.75) is 51.9 Å². The van der Waals surface area contributed by atoms with Gasteiger partial charge in [0.1, 0.15) is 11.6 Å². The molecule has 0 radical (unpaired) electrons. The largest absolute Gasteiger partial charge is 0.481 e. The Morgan fingerprint density at radius 3 is 2.55 bits per heavy atom. The average Bonchev–Trinajstić information content (AvgIpc) is 3.28. The number of aromatic amines is 1. The van der Waals surface area contributed by atoms with Crippen LogP contribution in [0.1, 0.15) is 47.1 Å². The fourth-order valence-corrected chi connectivity index (χ4v) is 5.14. The lowest BCUT2D eigenvalue weighted by Crippen LogP contribution is -2.50. The second kappa shape index (κ2) is 11.1. The van der Waals surface area contributed by atoms with Gasteiger partial charge < -0.3 is 10.4 Å². The van der Waals surface area contributed by atoms with E-state index in [0.29, 0.717) is 17.3 Å². The Morgan fingerprint density at radius 2 is 1.95 bits per heavy atom. The third kappa shape index (κ3) is 6.09. The molecule has 1 fully saturated rings. The highest BCUT2D eigenvalue weighted by atomic mass is 35.5. The van der Waals surface area contributed by atoms with E-state index in [0.717, 1.165) is 0 Å². The molecule has 3 heterocycles. The van der Waals surface area contributed by atoms with Gasteiger partial charge in [0.25, 0.3) is 5.78 Å². The highest BCUT2D eigenvalue weighted by molar-refractivity contribution is 6.30. The minimum atomic E-state index is -5.38. The topological polar surface area (TPSA) is 111 Å². The molecule has 214 valence electrons. The van der Waals surface area contributed by atoms with Gasteiger partial charge in [0, 0.05) is 36.3 Å². The quantitative estimate of drug-likeness (QED) is 0.225. The number of aromatic nitrogens is 3. The van der Waals surface area contributed by atoms with Crippen LogP contribution in [0.4, 0.5) is 33.6 Å². The fourth-order valence-electron chi connectivity index (χ4n) is 4.94. The van der Waals surface area contributed by atoms with Gasteiger partial charge in [-0.25, -0.2) is 13.8 Å². The molecule has 2 aromatic heterocycles. The number of halogens is 6. The first-order valence-electron chi connectivity index (χ1n) is 12.2. The number of Topliss-reactive ketones (excluding diaryl/α,β-unsaturated/α-hetero) is 1. The summed E-state index contributed by atoms with van der Waals surface area (Å²) in [6.45, 7) is 3.70. The molecule has 1 saturated heterocycles. The van der Waals surface area contributed by atoms with E-state index in [1.54, 1.807) is 26.0 Å². The zero-order chi connectivity index (χ0) is 29.4. The smallest absolute Gasteiger partial charge is 0.454 e. The van der Waals surface area contributed by atoms with Crippen LogP contribution in [0.5, 0.6) is 0 Å². The number of ketones is 1. The minimum absolute atomic E-state index is 0.0330. The molecule has 40 heavy (non-hydrogen) atoms. The number of rotatable bonds is 8. The van der Waals surface area contributed by atoms with E-state index in [1.165, 1.54) is 12.1 Å². The van der Waals surface area contributed by atoms with Crippen LogP contribution in [-0.2, 0) is 17.8 Å². The molecule has 8 nitrogen and oxygen atoms in total. The zero-order valence-electron chi connectivity index (χ0n) is 21.4. The Balaban J connectivity index is 1.66. The predicted molar refractivity (Wildman–Crippen MR) is 135 cm³/mol. The number of benzene rings is 1. The Kier molecular flexibility index (Phi) is 8.18. The van der Waals surface area contributed by atoms with Crippen LogP contribution in [0.25, 0.3) is 0 Å². The number of carboxylic acid groups (broad SMARTS) is 1. The first-order valence-corrected chi connectivity index (χ1v) is 12.6. The van der Waals surface area contributed by atoms with Gasteiger partial charge in [-0.2, -0.15) is 18.3 Å². The van der Waals surface area contributed by atoms with Gasteiger partial charge in [-0.1, -0.05) is 23.7 Å². The maximum atomic E-state index is 15.4. The van der Waals surface area contributed by atoms with Gasteiger partial charge in [0.2, 0.25) is 0 Å². The maximum absolute atomic E-state index is 15.4. The van der Waals surface area contributed by atoms with Crippen molar-refractivity contribution in [3.8, 4) is 0 Å². The van der Waals surface area contributed by atoms with E-state index in [1.807, 2.05) is 4.90 Å². The normalized spacial score (nSPS) is 19.9. The van der Waals surface area contributed by atoms with Crippen molar-refractivity contribution in [1.29, 1.82) is 0 Å². The Bertz CT molecular complexity index is 1450. The van der Waals surface area contributed by atoms with Gasteiger partial charge in [-0.15, -0.1) is 0 Å². The molecular formula is C26H25ClF5N5O3. The molecule has 14 heteroatoms. The number of likely N-dealkylation sites (tertiary alicyclic amines) is 1. The number of nitrogens with one attached hydrogen (secondary N) is 2. The zero-order valence-corrected chi connectivity index (χ0v) is 22.1. The summed E-state index contributed by atoms with van der Waals surface area (Å²) in [5, 5.41) is 19.3. The van der Waals surface area contributed by atoms with Crippen molar-refractivity contribution in [3.63, 3.8) is 0 Å². The van der Waals surface area contributed by atoms with Crippen LogP contribution >= 0.6 is 11.6 Å². The number of carbonyl (C=O) groups is 2. The third-order valence-electron chi connectivity index (χ3n) is 7.04. The number of pyridine rings is 1. The Hall–Kier alpha value is -3.58. The first-order chi connectivity index (χ1) is 18.7. The first kappa shape index (κ1) is 29.4. The number of aliphatic carboxylic acids is 1.